The van der Waals surface area contributed by atoms with Gasteiger partial charge in [-0.15, -0.1) is 5.10 Å². The summed E-state index contributed by atoms with van der Waals surface area (Å²) in [6.07, 6.45) is 3.07. The van der Waals surface area contributed by atoms with E-state index in [4.69, 9.17) is 14.2 Å². The Bertz CT molecular complexity index is 921. The van der Waals surface area contributed by atoms with E-state index in [9.17, 15) is 4.79 Å². The number of carbonyl (C=O) groups is 1. The van der Waals surface area contributed by atoms with E-state index in [1.54, 1.807) is 30.3 Å². The van der Waals surface area contributed by atoms with E-state index in [1.807, 2.05) is 12.1 Å². The summed E-state index contributed by atoms with van der Waals surface area (Å²) in [5.74, 6) is 1.22. The highest BCUT2D eigenvalue weighted by Gasteiger charge is 2.13. The lowest BCUT2D eigenvalue weighted by Crippen LogP contribution is -2.08. The van der Waals surface area contributed by atoms with E-state index in [1.165, 1.54) is 32.1 Å². The van der Waals surface area contributed by atoms with Gasteiger partial charge in [0.15, 0.2) is 11.5 Å². The minimum absolute atomic E-state index is 0.303. The van der Waals surface area contributed by atoms with Crippen LogP contribution in [-0.4, -0.2) is 42.2 Å². The summed E-state index contributed by atoms with van der Waals surface area (Å²) in [7, 11) is 4.62. The van der Waals surface area contributed by atoms with Crippen molar-refractivity contribution in [1.29, 1.82) is 0 Å². The molecular formula is C18H17N3O4. The molecule has 0 bridgehead atoms. The number of fused-ring (bicyclic) bond motifs is 1. The maximum absolute atomic E-state index is 12.4. The van der Waals surface area contributed by atoms with Crippen molar-refractivity contribution in [2.45, 2.75) is 0 Å². The molecule has 3 rings (SSSR count). The third-order valence-electron chi connectivity index (χ3n) is 3.67. The smallest absolute Gasteiger partial charge is 0.272 e. The highest BCUT2D eigenvalue weighted by atomic mass is 16.5. The maximum Gasteiger partial charge on any atom is 0.272 e. The fourth-order valence-corrected chi connectivity index (χ4v) is 2.47. The summed E-state index contributed by atoms with van der Waals surface area (Å²) in [5, 5.41) is 7.87. The number of hydrogen-bond donors (Lipinski definition) is 0. The van der Waals surface area contributed by atoms with E-state index >= 15 is 0 Å². The molecule has 2 aromatic carbocycles. The number of carbonyl (C=O) groups excluding carboxylic acids is 1. The molecule has 0 unspecified atom stereocenters. The molecule has 7 heteroatoms. The topological polar surface area (TPSA) is 75.5 Å². The standard InChI is InChI=1S/C18H17N3O4/c1-23-15-10-12(11-16(24-2)18(15)25-3)8-9-17(22)21-14-7-5-4-6-13(14)19-20-21/h4-11H,1-3H3. The van der Waals surface area contributed by atoms with Crippen LogP contribution < -0.4 is 14.2 Å². The van der Waals surface area contributed by atoms with Crippen LogP contribution in [-0.2, 0) is 0 Å². The van der Waals surface area contributed by atoms with Crippen molar-refractivity contribution in [3.05, 3.63) is 48.0 Å². The van der Waals surface area contributed by atoms with Crippen LogP contribution in [0.25, 0.3) is 17.1 Å². The van der Waals surface area contributed by atoms with Gasteiger partial charge in [-0.05, 0) is 35.9 Å². The molecule has 0 aliphatic heterocycles. The molecular weight excluding hydrogens is 322 g/mol. The number of aromatic nitrogens is 3. The SMILES string of the molecule is COc1cc(C=CC(=O)n2nnc3ccccc32)cc(OC)c1OC. The van der Waals surface area contributed by atoms with Gasteiger partial charge in [-0.1, -0.05) is 17.3 Å². The Balaban J connectivity index is 1.92. The molecule has 0 aliphatic carbocycles. The molecule has 1 aromatic heterocycles. The first kappa shape index (κ1) is 16.5. The van der Waals surface area contributed by atoms with Crippen LogP contribution in [0.1, 0.15) is 10.4 Å². The number of methoxy groups -OCH3 is 3. The van der Waals surface area contributed by atoms with Crippen molar-refractivity contribution in [2.75, 3.05) is 21.3 Å². The van der Waals surface area contributed by atoms with E-state index < -0.39 is 0 Å². The van der Waals surface area contributed by atoms with Gasteiger partial charge in [0.05, 0.1) is 26.8 Å². The predicted octanol–water partition coefficient (Wildman–Crippen LogP) is 2.81. The minimum Gasteiger partial charge on any atom is -0.493 e. The number of ether oxygens (including phenoxy) is 3. The van der Waals surface area contributed by atoms with Gasteiger partial charge < -0.3 is 14.2 Å². The monoisotopic (exact) mass is 339 g/mol. The first-order chi connectivity index (χ1) is 12.2. The molecule has 0 radical (unpaired) electrons. The second-order valence-electron chi connectivity index (χ2n) is 5.12. The third kappa shape index (κ3) is 3.16. The summed E-state index contributed by atoms with van der Waals surface area (Å²) >= 11 is 0. The Morgan fingerprint density at radius 3 is 2.36 bits per heavy atom. The van der Waals surface area contributed by atoms with Crippen molar-refractivity contribution in [3.63, 3.8) is 0 Å². The average Bonchev–Trinajstić information content (AvgIpc) is 3.09. The van der Waals surface area contributed by atoms with Crippen LogP contribution in [0.5, 0.6) is 17.2 Å². The van der Waals surface area contributed by atoms with Crippen molar-refractivity contribution >= 4 is 23.0 Å². The Morgan fingerprint density at radius 2 is 1.72 bits per heavy atom. The molecule has 1 heterocycles. The number of rotatable bonds is 5. The largest absolute Gasteiger partial charge is 0.493 e. The van der Waals surface area contributed by atoms with Crippen LogP contribution in [0.3, 0.4) is 0 Å². The molecule has 0 saturated carbocycles. The van der Waals surface area contributed by atoms with Crippen LogP contribution in [0.4, 0.5) is 0 Å². The molecule has 3 aromatic rings. The molecule has 0 saturated heterocycles. The maximum atomic E-state index is 12.4. The van der Waals surface area contributed by atoms with E-state index in [0.29, 0.717) is 28.3 Å². The zero-order valence-corrected chi connectivity index (χ0v) is 14.1. The van der Waals surface area contributed by atoms with Gasteiger partial charge >= 0.3 is 0 Å². The first-order valence-corrected chi connectivity index (χ1v) is 7.50. The number of hydrogen-bond acceptors (Lipinski definition) is 6. The lowest BCUT2D eigenvalue weighted by atomic mass is 10.1. The molecule has 25 heavy (non-hydrogen) atoms. The van der Waals surface area contributed by atoms with Gasteiger partial charge in [0, 0.05) is 6.08 Å². The van der Waals surface area contributed by atoms with Gasteiger partial charge in [-0.2, -0.15) is 4.68 Å². The van der Waals surface area contributed by atoms with Gasteiger partial charge in [0.1, 0.15) is 5.52 Å². The fourth-order valence-electron chi connectivity index (χ4n) is 2.47. The lowest BCUT2D eigenvalue weighted by Gasteiger charge is -2.12. The number of para-hydroxylation sites is 1. The Labute approximate surface area is 144 Å². The molecule has 0 aliphatic rings. The molecule has 0 spiro atoms. The molecule has 0 N–H and O–H groups in total. The molecule has 0 atom stereocenters. The van der Waals surface area contributed by atoms with Crippen LogP contribution in [0.2, 0.25) is 0 Å². The molecule has 128 valence electrons. The van der Waals surface area contributed by atoms with Gasteiger partial charge in [0.2, 0.25) is 5.75 Å². The number of nitrogens with zero attached hydrogens (tertiary/aromatic N) is 3. The van der Waals surface area contributed by atoms with Gasteiger partial charge in [-0.3, -0.25) is 4.79 Å². The quantitative estimate of drug-likeness (QED) is 0.665. The van der Waals surface area contributed by atoms with Crippen LogP contribution >= 0.6 is 0 Å². The molecule has 0 fully saturated rings. The summed E-state index contributed by atoms with van der Waals surface area (Å²) in [6, 6.07) is 10.8. The highest BCUT2D eigenvalue weighted by molar-refractivity contribution is 5.98. The van der Waals surface area contributed by atoms with Crippen LogP contribution in [0.15, 0.2) is 42.5 Å². The number of allylic oxidation sites excluding steroid dienone is 1. The minimum atomic E-state index is -0.303. The van der Waals surface area contributed by atoms with Crippen molar-refractivity contribution < 1.29 is 19.0 Å². The third-order valence-corrected chi connectivity index (χ3v) is 3.67. The van der Waals surface area contributed by atoms with Crippen LogP contribution in [0, 0.1) is 0 Å². The zero-order chi connectivity index (χ0) is 17.8. The summed E-state index contributed by atoms with van der Waals surface area (Å²) in [5.41, 5.74) is 2.05. The summed E-state index contributed by atoms with van der Waals surface area (Å²) in [6.45, 7) is 0. The van der Waals surface area contributed by atoms with Gasteiger partial charge in [-0.25, -0.2) is 0 Å². The Hall–Kier alpha value is -3.35. The Morgan fingerprint density at radius 1 is 1.04 bits per heavy atom. The average molecular weight is 339 g/mol. The fraction of sp³-hybridized carbons (Fsp3) is 0.167. The second kappa shape index (κ2) is 7.04. The zero-order valence-electron chi connectivity index (χ0n) is 14.1. The van der Waals surface area contributed by atoms with E-state index in [2.05, 4.69) is 10.3 Å². The van der Waals surface area contributed by atoms with E-state index in [0.717, 1.165) is 5.56 Å². The summed E-state index contributed by atoms with van der Waals surface area (Å²) in [4.78, 5) is 12.4. The molecule has 0 amide bonds. The van der Waals surface area contributed by atoms with Crippen molar-refractivity contribution in [3.8, 4) is 17.2 Å². The first-order valence-electron chi connectivity index (χ1n) is 7.50. The van der Waals surface area contributed by atoms with Crippen molar-refractivity contribution in [2.24, 2.45) is 0 Å². The predicted molar refractivity (Wildman–Crippen MR) is 93.3 cm³/mol. The lowest BCUT2D eigenvalue weighted by molar-refractivity contribution is 0.0958. The van der Waals surface area contributed by atoms with Crippen molar-refractivity contribution in [1.82, 2.24) is 15.0 Å². The molecule has 7 nitrogen and oxygen atoms in total. The van der Waals surface area contributed by atoms with E-state index in [-0.39, 0.29) is 5.91 Å². The summed E-state index contributed by atoms with van der Waals surface area (Å²) < 4.78 is 17.1. The number of benzene rings is 2. The Kier molecular flexibility index (Phi) is 4.65. The highest BCUT2D eigenvalue weighted by Crippen LogP contribution is 2.38. The van der Waals surface area contributed by atoms with Gasteiger partial charge in [0.25, 0.3) is 5.91 Å². The second-order valence-corrected chi connectivity index (χ2v) is 5.12. The normalized spacial score (nSPS) is 11.0.